The van der Waals surface area contributed by atoms with Crippen LogP contribution >= 0.6 is 0 Å². The van der Waals surface area contributed by atoms with Gasteiger partial charge in [0.2, 0.25) is 0 Å². The van der Waals surface area contributed by atoms with Crippen molar-refractivity contribution in [2.75, 3.05) is 13.1 Å². The Bertz CT molecular complexity index is 233. The number of hydrogen-bond acceptors (Lipinski definition) is 2. The highest BCUT2D eigenvalue weighted by molar-refractivity contribution is 4.85. The van der Waals surface area contributed by atoms with E-state index in [1.807, 2.05) is 0 Å². The molecule has 1 atom stereocenters. The van der Waals surface area contributed by atoms with E-state index in [0.29, 0.717) is 11.5 Å². The molecule has 0 saturated carbocycles. The van der Waals surface area contributed by atoms with Gasteiger partial charge in [-0.25, -0.2) is 0 Å². The molecule has 102 valence electrons. The largest absolute Gasteiger partial charge is 0.372 e. The van der Waals surface area contributed by atoms with Crippen molar-refractivity contribution in [2.24, 2.45) is 11.3 Å². The van der Waals surface area contributed by atoms with Crippen molar-refractivity contribution in [1.29, 1.82) is 0 Å². The lowest BCUT2D eigenvalue weighted by molar-refractivity contribution is -0.0317. The van der Waals surface area contributed by atoms with Gasteiger partial charge in [0, 0.05) is 6.54 Å². The van der Waals surface area contributed by atoms with Crippen LogP contribution in [0.4, 0.5) is 0 Å². The zero-order chi connectivity index (χ0) is 13.1. The highest BCUT2D eigenvalue weighted by Gasteiger charge is 2.34. The van der Waals surface area contributed by atoms with Crippen molar-refractivity contribution in [3.8, 4) is 0 Å². The smallest absolute Gasteiger partial charge is 0.0631 e. The normalized spacial score (nSPS) is 24.5. The molecule has 0 bridgehead atoms. The van der Waals surface area contributed by atoms with E-state index in [9.17, 15) is 0 Å². The van der Waals surface area contributed by atoms with Crippen LogP contribution < -0.4 is 5.32 Å². The molecule has 1 saturated heterocycles. The van der Waals surface area contributed by atoms with Crippen LogP contribution in [-0.2, 0) is 4.74 Å². The van der Waals surface area contributed by atoms with E-state index >= 15 is 0 Å². The van der Waals surface area contributed by atoms with Crippen LogP contribution in [0, 0.1) is 11.3 Å². The second-order valence-electron chi connectivity index (χ2n) is 7.43. The molecule has 0 aromatic heterocycles. The quantitative estimate of drug-likeness (QED) is 0.767. The van der Waals surface area contributed by atoms with Gasteiger partial charge in [0.05, 0.1) is 11.7 Å². The minimum Gasteiger partial charge on any atom is -0.372 e. The third-order valence-electron chi connectivity index (χ3n) is 3.49. The molecule has 2 heteroatoms. The van der Waals surface area contributed by atoms with Crippen LogP contribution in [0.15, 0.2) is 0 Å². The fraction of sp³-hybridized carbons (Fsp3) is 1.00. The van der Waals surface area contributed by atoms with Gasteiger partial charge in [-0.15, -0.1) is 0 Å². The maximum atomic E-state index is 6.08. The maximum Gasteiger partial charge on any atom is 0.0631 e. The van der Waals surface area contributed by atoms with E-state index in [1.165, 1.54) is 19.3 Å². The first kappa shape index (κ1) is 15.0. The Morgan fingerprint density at radius 3 is 2.47 bits per heavy atom. The second kappa shape index (κ2) is 5.71. The van der Waals surface area contributed by atoms with Crippen molar-refractivity contribution in [1.82, 2.24) is 5.32 Å². The van der Waals surface area contributed by atoms with Gasteiger partial charge in [0.1, 0.15) is 0 Å². The van der Waals surface area contributed by atoms with E-state index in [0.717, 1.165) is 19.0 Å². The van der Waals surface area contributed by atoms with Crippen LogP contribution in [0.25, 0.3) is 0 Å². The predicted octanol–water partition coefficient (Wildman–Crippen LogP) is 3.61. The Morgan fingerprint density at radius 2 is 2.00 bits per heavy atom. The highest BCUT2D eigenvalue weighted by atomic mass is 16.5. The third kappa shape index (κ3) is 5.87. The molecule has 1 unspecified atom stereocenters. The first-order chi connectivity index (χ1) is 7.70. The number of hydrogen-bond donors (Lipinski definition) is 1. The first-order valence-electron chi connectivity index (χ1n) is 7.09. The molecule has 17 heavy (non-hydrogen) atoms. The van der Waals surface area contributed by atoms with E-state index in [1.54, 1.807) is 0 Å². The molecule has 1 rings (SSSR count). The summed E-state index contributed by atoms with van der Waals surface area (Å²) in [6, 6.07) is 0. The van der Waals surface area contributed by atoms with E-state index < -0.39 is 0 Å². The van der Waals surface area contributed by atoms with Crippen molar-refractivity contribution in [3.63, 3.8) is 0 Å². The average molecular weight is 241 g/mol. The van der Waals surface area contributed by atoms with Crippen molar-refractivity contribution >= 4 is 0 Å². The lowest BCUT2D eigenvalue weighted by Crippen LogP contribution is -2.34. The van der Waals surface area contributed by atoms with Gasteiger partial charge in [-0.1, -0.05) is 27.7 Å². The molecule has 1 heterocycles. The SMILES string of the molecule is CC(C)CNCC(C)(C)CC1CCC(C)(C)O1. The summed E-state index contributed by atoms with van der Waals surface area (Å²) in [5.74, 6) is 0.729. The van der Waals surface area contributed by atoms with Crippen LogP contribution in [-0.4, -0.2) is 24.8 Å². The molecule has 0 aromatic carbocycles. The molecule has 1 N–H and O–H groups in total. The number of nitrogens with one attached hydrogen (secondary N) is 1. The van der Waals surface area contributed by atoms with Crippen LogP contribution in [0.5, 0.6) is 0 Å². The highest BCUT2D eigenvalue weighted by Crippen LogP contribution is 2.35. The molecule has 2 nitrogen and oxygen atoms in total. The Balaban J connectivity index is 2.29. The molecule has 0 aliphatic carbocycles. The summed E-state index contributed by atoms with van der Waals surface area (Å²) in [4.78, 5) is 0. The molecule has 0 amide bonds. The summed E-state index contributed by atoms with van der Waals surface area (Å²) in [5.41, 5.74) is 0.437. The van der Waals surface area contributed by atoms with Crippen LogP contribution in [0.1, 0.15) is 60.8 Å². The van der Waals surface area contributed by atoms with Crippen molar-refractivity contribution < 1.29 is 4.74 Å². The number of rotatable bonds is 6. The molecule has 0 aromatic rings. The van der Waals surface area contributed by atoms with Crippen molar-refractivity contribution in [3.05, 3.63) is 0 Å². The first-order valence-corrected chi connectivity index (χ1v) is 7.09. The summed E-state index contributed by atoms with van der Waals surface area (Å²) in [6.07, 6.45) is 4.05. The van der Waals surface area contributed by atoms with Gasteiger partial charge in [-0.05, 0) is 51.0 Å². The summed E-state index contributed by atoms with van der Waals surface area (Å²) in [6.45, 7) is 15.8. The van der Waals surface area contributed by atoms with Gasteiger partial charge in [0.25, 0.3) is 0 Å². The van der Waals surface area contributed by atoms with E-state index in [4.69, 9.17) is 4.74 Å². The zero-order valence-corrected chi connectivity index (χ0v) is 12.6. The third-order valence-corrected chi connectivity index (χ3v) is 3.49. The minimum absolute atomic E-state index is 0.103. The summed E-state index contributed by atoms with van der Waals surface area (Å²) in [7, 11) is 0. The molecule has 0 spiro atoms. The van der Waals surface area contributed by atoms with Crippen molar-refractivity contribution in [2.45, 2.75) is 72.5 Å². The van der Waals surface area contributed by atoms with Crippen LogP contribution in [0.2, 0.25) is 0 Å². The fourth-order valence-electron chi connectivity index (χ4n) is 2.61. The van der Waals surface area contributed by atoms with Gasteiger partial charge in [0.15, 0.2) is 0 Å². The fourth-order valence-corrected chi connectivity index (χ4v) is 2.61. The Hall–Kier alpha value is -0.0800. The Morgan fingerprint density at radius 1 is 1.35 bits per heavy atom. The molecule has 1 aliphatic rings. The molecular formula is C15H31NO. The molecule has 0 radical (unpaired) electrons. The van der Waals surface area contributed by atoms with Crippen LogP contribution in [0.3, 0.4) is 0 Å². The number of ether oxygens (including phenoxy) is 1. The Kier molecular flexibility index (Phi) is 5.03. The second-order valence-corrected chi connectivity index (χ2v) is 7.43. The monoisotopic (exact) mass is 241 g/mol. The summed E-state index contributed by atoms with van der Waals surface area (Å²) >= 11 is 0. The van der Waals surface area contributed by atoms with Gasteiger partial charge >= 0.3 is 0 Å². The Labute approximate surface area is 108 Å². The van der Waals surface area contributed by atoms with Gasteiger partial charge in [-0.3, -0.25) is 0 Å². The average Bonchev–Trinajstić information content (AvgIpc) is 2.43. The minimum atomic E-state index is 0.103. The molecular weight excluding hydrogens is 210 g/mol. The molecule has 1 fully saturated rings. The lowest BCUT2D eigenvalue weighted by atomic mass is 9.85. The summed E-state index contributed by atoms with van der Waals surface area (Å²) < 4.78 is 6.08. The van der Waals surface area contributed by atoms with Gasteiger partial charge < -0.3 is 10.1 Å². The summed E-state index contributed by atoms with van der Waals surface area (Å²) in [5, 5.41) is 3.56. The lowest BCUT2D eigenvalue weighted by Gasteiger charge is -2.29. The predicted molar refractivity (Wildman–Crippen MR) is 74.3 cm³/mol. The molecule has 1 aliphatic heterocycles. The zero-order valence-electron chi connectivity index (χ0n) is 12.6. The van der Waals surface area contributed by atoms with E-state index in [-0.39, 0.29) is 5.60 Å². The van der Waals surface area contributed by atoms with Gasteiger partial charge in [-0.2, -0.15) is 0 Å². The van der Waals surface area contributed by atoms with E-state index in [2.05, 4.69) is 46.9 Å². The maximum absolute atomic E-state index is 6.08. The topological polar surface area (TPSA) is 21.3 Å². The standard InChI is InChI=1S/C15H31NO/c1-12(2)10-16-11-14(3,4)9-13-7-8-15(5,6)17-13/h12-13,16H,7-11H2,1-6H3.